The number of anilines is 1. The second-order valence-electron chi connectivity index (χ2n) is 5.49. The fourth-order valence-corrected chi connectivity index (χ4v) is 3.14. The maximum Gasteiger partial charge on any atom is 0.248 e. The Balaban J connectivity index is 2.25. The number of carbonyl (C=O) groups is 1. The number of carbonyl (C=O) groups excluding carboxylic acids is 1. The van der Waals surface area contributed by atoms with Crippen LogP contribution in [0.4, 0.5) is 5.69 Å². The van der Waals surface area contributed by atoms with Gasteiger partial charge in [0.15, 0.2) is 0 Å². The number of sulfonamides is 1. The van der Waals surface area contributed by atoms with E-state index in [-0.39, 0.29) is 16.6 Å². The molecule has 0 unspecified atom stereocenters. The van der Waals surface area contributed by atoms with E-state index in [9.17, 15) is 13.2 Å². The molecular weight excluding hydrogens is 354 g/mol. The molecule has 0 aliphatic carbocycles. The molecule has 0 bridgehead atoms. The van der Waals surface area contributed by atoms with E-state index in [1.54, 1.807) is 43.6 Å². The van der Waals surface area contributed by atoms with Gasteiger partial charge in [-0.05, 0) is 48.9 Å². The summed E-state index contributed by atoms with van der Waals surface area (Å²) >= 11 is 0. The molecule has 0 atom stereocenters. The lowest BCUT2D eigenvalue weighted by Crippen LogP contribution is -2.23. The number of nitrogens with one attached hydrogen (secondary N) is 1. The summed E-state index contributed by atoms with van der Waals surface area (Å²) in [6.07, 6.45) is 6.26. The number of ether oxygens (including phenoxy) is 1. The molecule has 0 radical (unpaired) electrons. The third-order valence-corrected chi connectivity index (χ3v) is 5.24. The first kappa shape index (κ1) is 19.6. The van der Waals surface area contributed by atoms with E-state index >= 15 is 0 Å². The summed E-state index contributed by atoms with van der Waals surface area (Å²) < 4.78 is 31.5. The Hall–Kier alpha value is -2.71. The predicted molar refractivity (Wildman–Crippen MR) is 100 cm³/mol. The third-order valence-electron chi connectivity index (χ3n) is 3.40. The summed E-state index contributed by atoms with van der Waals surface area (Å²) in [5.74, 6) is -0.134. The average Bonchev–Trinajstić information content (AvgIpc) is 2.62. The summed E-state index contributed by atoms with van der Waals surface area (Å²) in [6.45, 7) is 2.10. The minimum Gasteiger partial charge on any atom is -0.492 e. The van der Waals surface area contributed by atoms with Gasteiger partial charge < -0.3 is 10.1 Å². The number of rotatable bonds is 7. The summed E-state index contributed by atoms with van der Waals surface area (Å²) in [7, 11) is -0.835. The highest BCUT2D eigenvalue weighted by atomic mass is 32.2. The van der Waals surface area contributed by atoms with Crippen molar-refractivity contribution in [2.45, 2.75) is 11.8 Å². The van der Waals surface area contributed by atoms with Gasteiger partial charge in [0.1, 0.15) is 10.6 Å². The van der Waals surface area contributed by atoms with Crippen molar-refractivity contribution in [3.05, 3.63) is 54.4 Å². The zero-order chi connectivity index (χ0) is 19.2. The molecule has 8 heteroatoms. The van der Waals surface area contributed by atoms with Gasteiger partial charge in [-0.25, -0.2) is 12.7 Å². The normalized spacial score (nSPS) is 11.7. The van der Waals surface area contributed by atoms with Gasteiger partial charge in [-0.15, -0.1) is 0 Å². The standard InChI is InChI=1S/C18H21N3O4S/c1-4-25-16-7-6-15(13-17(16)26(23,24)21(2)3)20-18(22)8-5-14-9-11-19-12-10-14/h5-13H,4H2,1-3H3,(H,20,22)/b8-5+. The second-order valence-corrected chi connectivity index (χ2v) is 7.61. The molecule has 0 fully saturated rings. The molecule has 1 aromatic carbocycles. The zero-order valence-corrected chi connectivity index (χ0v) is 15.7. The Morgan fingerprint density at radius 1 is 1.23 bits per heavy atom. The first-order valence-electron chi connectivity index (χ1n) is 7.93. The van der Waals surface area contributed by atoms with Crippen LogP contribution >= 0.6 is 0 Å². The molecule has 0 aliphatic heterocycles. The number of aromatic nitrogens is 1. The molecule has 26 heavy (non-hydrogen) atoms. The van der Waals surface area contributed by atoms with Gasteiger partial charge in [-0.3, -0.25) is 9.78 Å². The second kappa shape index (κ2) is 8.59. The first-order chi connectivity index (χ1) is 12.3. The van der Waals surface area contributed by atoms with Crippen LogP contribution in [0.25, 0.3) is 6.08 Å². The predicted octanol–water partition coefficient (Wildman–Crippen LogP) is 2.38. The monoisotopic (exact) mass is 375 g/mol. The molecule has 2 aromatic rings. The molecule has 1 heterocycles. The molecule has 7 nitrogen and oxygen atoms in total. The largest absolute Gasteiger partial charge is 0.492 e. The van der Waals surface area contributed by atoms with Crippen molar-refractivity contribution in [3.63, 3.8) is 0 Å². The number of hydrogen-bond donors (Lipinski definition) is 1. The van der Waals surface area contributed by atoms with Gasteiger partial charge in [0.25, 0.3) is 0 Å². The molecule has 138 valence electrons. The SMILES string of the molecule is CCOc1ccc(NC(=O)/C=C/c2ccncc2)cc1S(=O)(=O)N(C)C. The van der Waals surface area contributed by atoms with Crippen LogP contribution < -0.4 is 10.1 Å². The summed E-state index contributed by atoms with van der Waals surface area (Å²) in [5, 5.41) is 2.65. The zero-order valence-electron chi connectivity index (χ0n) is 14.8. The average molecular weight is 375 g/mol. The third kappa shape index (κ3) is 4.90. The van der Waals surface area contributed by atoms with Gasteiger partial charge in [0.05, 0.1) is 6.61 Å². The number of pyridine rings is 1. The van der Waals surface area contributed by atoms with Crippen LogP contribution in [0.2, 0.25) is 0 Å². The van der Waals surface area contributed by atoms with E-state index in [1.165, 1.54) is 32.3 Å². The van der Waals surface area contributed by atoms with Crippen LogP contribution in [-0.4, -0.2) is 44.3 Å². The minimum absolute atomic E-state index is 0.000244. The summed E-state index contributed by atoms with van der Waals surface area (Å²) in [4.78, 5) is 16.0. The van der Waals surface area contributed by atoms with E-state index < -0.39 is 10.0 Å². The van der Waals surface area contributed by atoms with Gasteiger partial charge in [0, 0.05) is 38.3 Å². The molecule has 0 saturated carbocycles. The van der Waals surface area contributed by atoms with E-state index in [0.717, 1.165) is 9.87 Å². The number of hydrogen-bond acceptors (Lipinski definition) is 5. The number of nitrogens with zero attached hydrogens (tertiary/aromatic N) is 2. The van der Waals surface area contributed by atoms with Crippen LogP contribution in [0.3, 0.4) is 0 Å². The lowest BCUT2D eigenvalue weighted by atomic mass is 10.2. The quantitative estimate of drug-likeness (QED) is 0.751. The molecule has 0 spiro atoms. The molecule has 0 aliphatic rings. The minimum atomic E-state index is -3.71. The maximum absolute atomic E-state index is 12.5. The fourth-order valence-electron chi connectivity index (χ4n) is 2.09. The Morgan fingerprint density at radius 2 is 1.92 bits per heavy atom. The fraction of sp³-hybridized carbons (Fsp3) is 0.222. The van der Waals surface area contributed by atoms with Crippen molar-refractivity contribution in [1.29, 1.82) is 0 Å². The van der Waals surface area contributed by atoms with Crippen molar-refractivity contribution in [2.24, 2.45) is 0 Å². The van der Waals surface area contributed by atoms with E-state index in [4.69, 9.17) is 4.74 Å². The van der Waals surface area contributed by atoms with E-state index in [2.05, 4.69) is 10.3 Å². The number of amides is 1. The van der Waals surface area contributed by atoms with Crippen molar-refractivity contribution >= 4 is 27.7 Å². The van der Waals surface area contributed by atoms with Crippen LogP contribution in [-0.2, 0) is 14.8 Å². The smallest absolute Gasteiger partial charge is 0.248 e. The molecule has 1 N–H and O–H groups in total. The van der Waals surface area contributed by atoms with Gasteiger partial charge in [-0.2, -0.15) is 0 Å². The summed E-state index contributed by atoms with van der Waals surface area (Å²) in [5.41, 5.74) is 1.19. The molecule has 2 rings (SSSR count). The van der Waals surface area contributed by atoms with Gasteiger partial charge >= 0.3 is 0 Å². The highest BCUT2D eigenvalue weighted by Crippen LogP contribution is 2.29. The van der Waals surface area contributed by atoms with Crippen LogP contribution in [0.5, 0.6) is 5.75 Å². The highest BCUT2D eigenvalue weighted by molar-refractivity contribution is 7.89. The van der Waals surface area contributed by atoms with Crippen molar-refractivity contribution in [1.82, 2.24) is 9.29 Å². The van der Waals surface area contributed by atoms with E-state index in [0.29, 0.717) is 12.3 Å². The van der Waals surface area contributed by atoms with E-state index in [1.807, 2.05) is 0 Å². The molecule has 1 amide bonds. The van der Waals surface area contributed by atoms with Crippen molar-refractivity contribution < 1.29 is 17.9 Å². The highest BCUT2D eigenvalue weighted by Gasteiger charge is 2.23. The Bertz CT molecular complexity index is 894. The lowest BCUT2D eigenvalue weighted by molar-refractivity contribution is -0.111. The number of benzene rings is 1. The lowest BCUT2D eigenvalue weighted by Gasteiger charge is -2.16. The van der Waals surface area contributed by atoms with Crippen LogP contribution in [0.15, 0.2) is 53.7 Å². The van der Waals surface area contributed by atoms with Gasteiger partial charge in [0.2, 0.25) is 15.9 Å². The summed E-state index contributed by atoms with van der Waals surface area (Å²) in [6, 6.07) is 8.04. The molecular formula is C18H21N3O4S. The maximum atomic E-state index is 12.5. The van der Waals surface area contributed by atoms with Crippen LogP contribution in [0, 0.1) is 0 Å². The Kier molecular flexibility index (Phi) is 6.48. The first-order valence-corrected chi connectivity index (χ1v) is 9.37. The molecule has 0 saturated heterocycles. The van der Waals surface area contributed by atoms with Crippen molar-refractivity contribution in [2.75, 3.05) is 26.0 Å². The Morgan fingerprint density at radius 3 is 2.54 bits per heavy atom. The van der Waals surface area contributed by atoms with Gasteiger partial charge in [-0.1, -0.05) is 0 Å². The topological polar surface area (TPSA) is 88.6 Å². The van der Waals surface area contributed by atoms with Crippen molar-refractivity contribution in [3.8, 4) is 5.75 Å². The molecule has 1 aromatic heterocycles. The van der Waals surface area contributed by atoms with Crippen LogP contribution in [0.1, 0.15) is 12.5 Å². The Labute approximate surface area is 153 Å².